The molecular formula is C37H41F2N5O5S. The SMILES string of the molecule is Cc1cc(Oc2cccc(F)c2F)cc(C)c1-n1ncc(C(=O)c2cc3cc(C(=O)N4CCOCC4)ccc3n2COCCS(C)(C)C)c1N. The molecule has 0 unspecified atom stereocenters. The largest absolute Gasteiger partial charge is 0.454 e. The van der Waals surface area contributed by atoms with E-state index in [0.717, 1.165) is 22.7 Å². The van der Waals surface area contributed by atoms with E-state index >= 15 is 0 Å². The standard InChI is InChI=1S/C37H41F2N5O5S/c1-23-17-27(49-32-8-6-7-29(38)33(32)39)18-24(2)34(23)44-36(40)28(21-41-44)35(45)31-20-26-19-25(37(46)42-11-13-47-14-12-42)9-10-30(26)43(31)22-48-15-16-50(3,4)5/h6-10,17-21H,11-16,22,40H2,1-5H3. The molecule has 0 saturated carbocycles. The number of hydrogen-bond donors (Lipinski definition) is 1. The molecule has 0 bridgehead atoms. The lowest BCUT2D eigenvalue weighted by molar-refractivity contribution is 0.0303. The number of ketones is 1. The van der Waals surface area contributed by atoms with E-state index in [1.54, 1.807) is 35.2 Å². The van der Waals surface area contributed by atoms with Crippen molar-refractivity contribution in [1.29, 1.82) is 0 Å². The van der Waals surface area contributed by atoms with Crippen LogP contribution in [-0.2, 0) is 16.2 Å². The fourth-order valence-electron chi connectivity index (χ4n) is 5.99. The number of nitrogens with zero attached hydrogens (tertiary/aromatic N) is 4. The first-order valence-electron chi connectivity index (χ1n) is 16.2. The molecule has 0 atom stereocenters. The monoisotopic (exact) mass is 705 g/mol. The van der Waals surface area contributed by atoms with Crippen molar-refractivity contribution in [1.82, 2.24) is 19.2 Å². The van der Waals surface area contributed by atoms with Crippen molar-refractivity contribution in [3.8, 4) is 17.2 Å². The first kappa shape index (κ1) is 35.1. The van der Waals surface area contributed by atoms with Crippen molar-refractivity contribution in [2.45, 2.75) is 20.6 Å². The summed E-state index contributed by atoms with van der Waals surface area (Å²) in [5.74, 6) is -1.42. The van der Waals surface area contributed by atoms with Gasteiger partial charge in [-0.1, -0.05) is 6.07 Å². The molecule has 3 aromatic carbocycles. The summed E-state index contributed by atoms with van der Waals surface area (Å²) in [6.45, 7) is 6.33. The summed E-state index contributed by atoms with van der Waals surface area (Å²) < 4.78 is 48.5. The van der Waals surface area contributed by atoms with Gasteiger partial charge in [0.05, 0.1) is 48.5 Å². The van der Waals surface area contributed by atoms with Crippen molar-refractivity contribution in [2.75, 3.05) is 63.2 Å². The molecule has 264 valence electrons. The number of anilines is 1. The summed E-state index contributed by atoms with van der Waals surface area (Å²) >= 11 is 0. The number of morpholine rings is 1. The number of nitrogen functional groups attached to an aromatic ring is 1. The highest BCUT2D eigenvalue weighted by Crippen LogP contribution is 2.35. The molecule has 1 aliphatic heterocycles. The van der Waals surface area contributed by atoms with Crippen LogP contribution in [0, 0.1) is 25.5 Å². The third kappa shape index (κ3) is 7.25. The Bertz CT molecular complexity index is 2060. The van der Waals surface area contributed by atoms with E-state index < -0.39 is 21.7 Å². The predicted molar refractivity (Wildman–Crippen MR) is 192 cm³/mol. The Kier molecular flexibility index (Phi) is 10.0. The van der Waals surface area contributed by atoms with Gasteiger partial charge in [-0.3, -0.25) is 9.59 Å². The molecule has 1 fully saturated rings. The maximum Gasteiger partial charge on any atom is 0.254 e. The number of nitrogens with two attached hydrogens (primary N) is 1. The van der Waals surface area contributed by atoms with Gasteiger partial charge in [0.25, 0.3) is 5.91 Å². The molecule has 2 N–H and O–H groups in total. The maximum atomic E-state index is 14.3. The number of aryl methyl sites for hydroxylation is 2. The lowest BCUT2D eigenvalue weighted by Gasteiger charge is -2.26. The summed E-state index contributed by atoms with van der Waals surface area (Å²) in [5.41, 5.74) is 10.4. The van der Waals surface area contributed by atoms with E-state index in [1.807, 2.05) is 24.5 Å². The molecule has 5 aromatic rings. The molecule has 13 heteroatoms. The Labute approximate surface area is 291 Å². The molecular weight excluding hydrogens is 665 g/mol. The van der Waals surface area contributed by atoms with Crippen LogP contribution in [-0.4, -0.2) is 88.4 Å². The minimum Gasteiger partial charge on any atom is -0.454 e. The van der Waals surface area contributed by atoms with Gasteiger partial charge in [-0.25, -0.2) is 19.1 Å². The first-order valence-corrected chi connectivity index (χ1v) is 19.2. The van der Waals surface area contributed by atoms with Crippen LogP contribution >= 0.6 is 10.0 Å². The van der Waals surface area contributed by atoms with Crippen LogP contribution in [0.3, 0.4) is 0 Å². The van der Waals surface area contributed by atoms with E-state index in [-0.39, 0.29) is 35.6 Å². The number of benzene rings is 3. The van der Waals surface area contributed by atoms with Crippen molar-refractivity contribution in [2.24, 2.45) is 0 Å². The second-order valence-electron chi connectivity index (χ2n) is 13.2. The molecule has 3 heterocycles. The fraction of sp³-hybridized carbons (Fsp3) is 0.324. The molecule has 6 rings (SSSR count). The number of carbonyl (C=O) groups is 2. The smallest absolute Gasteiger partial charge is 0.254 e. The molecule has 50 heavy (non-hydrogen) atoms. The summed E-state index contributed by atoms with van der Waals surface area (Å²) in [6, 6.07) is 14.3. The number of carbonyl (C=O) groups excluding carboxylic acids is 2. The Morgan fingerprint density at radius 2 is 1.72 bits per heavy atom. The highest BCUT2D eigenvalue weighted by molar-refractivity contribution is 8.32. The zero-order chi connectivity index (χ0) is 35.7. The zero-order valence-electron chi connectivity index (χ0n) is 28.8. The van der Waals surface area contributed by atoms with Crippen molar-refractivity contribution in [3.63, 3.8) is 0 Å². The predicted octanol–water partition coefficient (Wildman–Crippen LogP) is 6.47. The second-order valence-corrected chi connectivity index (χ2v) is 17.8. The minimum atomic E-state index is -1.08. The highest BCUT2D eigenvalue weighted by atomic mass is 32.3. The van der Waals surface area contributed by atoms with E-state index in [9.17, 15) is 18.4 Å². The van der Waals surface area contributed by atoms with Gasteiger partial charge >= 0.3 is 0 Å². The quantitative estimate of drug-likeness (QED) is 0.124. The van der Waals surface area contributed by atoms with E-state index in [1.165, 1.54) is 23.0 Å². The van der Waals surface area contributed by atoms with Gasteiger partial charge in [0.2, 0.25) is 11.6 Å². The van der Waals surface area contributed by atoms with Crippen LogP contribution in [0.15, 0.2) is 60.8 Å². The summed E-state index contributed by atoms with van der Waals surface area (Å²) in [7, 11) is -0.781. The van der Waals surface area contributed by atoms with Crippen LogP contribution in [0.1, 0.15) is 37.5 Å². The first-order chi connectivity index (χ1) is 23.8. The molecule has 1 aliphatic rings. The Morgan fingerprint density at radius 3 is 2.42 bits per heavy atom. The van der Waals surface area contributed by atoms with Crippen LogP contribution in [0.2, 0.25) is 0 Å². The van der Waals surface area contributed by atoms with Gasteiger partial charge in [-0.2, -0.15) is 9.49 Å². The molecule has 0 aliphatic carbocycles. The zero-order valence-corrected chi connectivity index (χ0v) is 29.6. The van der Waals surface area contributed by atoms with Crippen molar-refractivity contribution in [3.05, 3.63) is 100 Å². The average Bonchev–Trinajstić information content (AvgIpc) is 3.64. The van der Waals surface area contributed by atoms with Gasteiger partial charge in [-0.05, 0) is 92.3 Å². The number of rotatable bonds is 11. The van der Waals surface area contributed by atoms with E-state index in [4.69, 9.17) is 19.9 Å². The van der Waals surface area contributed by atoms with Crippen LogP contribution in [0.5, 0.6) is 11.5 Å². The highest BCUT2D eigenvalue weighted by Gasteiger charge is 2.26. The minimum absolute atomic E-state index is 0.0889. The number of halogens is 2. The Hall–Kier alpha value is -4.72. The number of ether oxygens (including phenoxy) is 3. The van der Waals surface area contributed by atoms with E-state index in [0.29, 0.717) is 66.7 Å². The van der Waals surface area contributed by atoms with Crippen LogP contribution in [0.25, 0.3) is 16.6 Å². The van der Waals surface area contributed by atoms with Gasteiger partial charge in [0, 0.05) is 29.8 Å². The number of fused-ring (bicyclic) bond motifs is 1. The van der Waals surface area contributed by atoms with E-state index in [2.05, 4.69) is 23.9 Å². The molecule has 1 saturated heterocycles. The lowest BCUT2D eigenvalue weighted by Crippen LogP contribution is -2.40. The van der Waals surface area contributed by atoms with Crippen LogP contribution < -0.4 is 10.5 Å². The van der Waals surface area contributed by atoms with Gasteiger partial charge in [-0.15, -0.1) is 0 Å². The molecule has 2 aromatic heterocycles. The van der Waals surface area contributed by atoms with Gasteiger partial charge in [0.15, 0.2) is 11.6 Å². The molecule has 1 amide bonds. The number of hydrogen-bond acceptors (Lipinski definition) is 7. The lowest BCUT2D eigenvalue weighted by atomic mass is 10.1. The Balaban J connectivity index is 1.32. The van der Waals surface area contributed by atoms with Gasteiger partial charge < -0.3 is 29.4 Å². The molecule has 10 nitrogen and oxygen atoms in total. The van der Waals surface area contributed by atoms with Crippen LogP contribution in [0.4, 0.5) is 14.6 Å². The molecule has 0 spiro atoms. The van der Waals surface area contributed by atoms with Crippen molar-refractivity contribution < 1.29 is 32.6 Å². The topological polar surface area (TPSA) is 114 Å². The third-order valence-corrected chi connectivity index (χ3v) is 10.0. The number of aromatic nitrogens is 3. The summed E-state index contributed by atoms with van der Waals surface area (Å²) in [4.78, 5) is 29.3. The fourth-order valence-corrected chi connectivity index (χ4v) is 6.61. The van der Waals surface area contributed by atoms with Gasteiger partial charge in [0.1, 0.15) is 18.3 Å². The second kappa shape index (κ2) is 14.3. The normalized spacial score (nSPS) is 13.9. The Morgan fingerprint density at radius 1 is 1.00 bits per heavy atom. The average molecular weight is 706 g/mol. The van der Waals surface area contributed by atoms with Crippen molar-refractivity contribution >= 4 is 38.4 Å². The number of amides is 1. The third-order valence-electron chi connectivity index (χ3n) is 8.61. The molecule has 0 radical (unpaired) electrons. The summed E-state index contributed by atoms with van der Waals surface area (Å²) in [6.07, 6.45) is 8.09. The summed E-state index contributed by atoms with van der Waals surface area (Å²) in [5, 5.41) is 5.21. The maximum absolute atomic E-state index is 14.3.